The summed E-state index contributed by atoms with van der Waals surface area (Å²) in [5, 5.41) is 0.553. The van der Waals surface area contributed by atoms with Crippen molar-refractivity contribution in [2.24, 2.45) is 0 Å². The van der Waals surface area contributed by atoms with Gasteiger partial charge in [-0.05, 0) is 36.4 Å². The van der Waals surface area contributed by atoms with Crippen molar-refractivity contribution in [1.29, 1.82) is 0 Å². The highest BCUT2D eigenvalue weighted by molar-refractivity contribution is 7.21. The molecule has 0 atom stereocenters. The predicted molar refractivity (Wildman–Crippen MR) is 87.8 cm³/mol. The summed E-state index contributed by atoms with van der Waals surface area (Å²) < 4.78 is 45.1. The van der Waals surface area contributed by atoms with Gasteiger partial charge < -0.3 is 4.74 Å². The zero-order valence-corrected chi connectivity index (χ0v) is 13.9. The van der Waals surface area contributed by atoms with Gasteiger partial charge in [0.1, 0.15) is 22.3 Å². The molecule has 0 unspecified atom stereocenters. The Hall–Kier alpha value is -2.38. The second kappa shape index (κ2) is 6.85. The van der Waals surface area contributed by atoms with E-state index in [1.807, 2.05) is 0 Å². The molecular weight excluding hydrogens is 377 g/mol. The van der Waals surface area contributed by atoms with E-state index in [4.69, 9.17) is 16.3 Å². The lowest BCUT2D eigenvalue weighted by atomic mass is 10.1. The van der Waals surface area contributed by atoms with Crippen LogP contribution in [0.1, 0.15) is 20.0 Å². The first kappa shape index (κ1) is 17.4. The van der Waals surface area contributed by atoms with Crippen molar-refractivity contribution in [3.05, 3.63) is 69.3 Å². The van der Waals surface area contributed by atoms with E-state index in [9.17, 15) is 22.8 Å². The van der Waals surface area contributed by atoms with Gasteiger partial charge in [0.25, 0.3) is 0 Å². The van der Waals surface area contributed by atoms with E-state index in [1.165, 1.54) is 18.2 Å². The Labute approximate surface area is 148 Å². The number of Topliss-reactive ketones (excluding diaryl/α,β-unsaturated/α-hetero) is 1. The van der Waals surface area contributed by atoms with Crippen LogP contribution >= 0.6 is 22.9 Å². The highest BCUT2D eigenvalue weighted by Crippen LogP contribution is 2.36. The summed E-state index contributed by atoms with van der Waals surface area (Å²) in [7, 11) is 0. The second-order valence-electron chi connectivity index (χ2n) is 5.01. The van der Waals surface area contributed by atoms with E-state index in [0.29, 0.717) is 10.1 Å². The molecule has 3 rings (SSSR count). The maximum Gasteiger partial charge on any atom is 0.350 e. The molecular formula is C17H8ClF3O3S. The first-order valence-corrected chi connectivity index (χ1v) is 8.09. The van der Waals surface area contributed by atoms with Gasteiger partial charge in [0.15, 0.2) is 6.61 Å². The molecule has 3 nitrogen and oxygen atoms in total. The van der Waals surface area contributed by atoms with E-state index >= 15 is 0 Å². The molecule has 3 aromatic rings. The SMILES string of the molecule is O=C(COC(=O)c1sc2cc(F)ccc2c1Cl)c1cc(F)ccc1F. The van der Waals surface area contributed by atoms with Gasteiger partial charge in [-0.25, -0.2) is 18.0 Å². The Morgan fingerprint density at radius 1 is 1.04 bits per heavy atom. The van der Waals surface area contributed by atoms with Gasteiger partial charge in [-0.2, -0.15) is 0 Å². The van der Waals surface area contributed by atoms with Crippen LogP contribution in [0.2, 0.25) is 5.02 Å². The number of halogens is 4. The zero-order chi connectivity index (χ0) is 18.1. The average Bonchev–Trinajstić information content (AvgIpc) is 2.90. The molecule has 0 bridgehead atoms. The lowest BCUT2D eigenvalue weighted by Gasteiger charge is -2.04. The minimum atomic E-state index is -0.919. The summed E-state index contributed by atoms with van der Waals surface area (Å²) in [6.07, 6.45) is 0. The standard InChI is InChI=1S/C17H8ClF3O3S/c18-15-10-3-1-9(20)6-14(10)25-16(15)17(23)24-7-13(22)11-5-8(19)2-4-12(11)21/h1-6H,7H2. The molecule has 0 aliphatic carbocycles. The van der Waals surface area contributed by atoms with Crippen molar-refractivity contribution in [3.8, 4) is 0 Å². The predicted octanol–water partition coefficient (Wildman–Crippen LogP) is 5.01. The van der Waals surface area contributed by atoms with E-state index < -0.39 is 41.4 Å². The summed E-state index contributed by atoms with van der Waals surface area (Å²) in [5.41, 5.74) is -0.516. The van der Waals surface area contributed by atoms with Gasteiger partial charge in [0, 0.05) is 10.1 Å². The van der Waals surface area contributed by atoms with Crippen molar-refractivity contribution in [3.63, 3.8) is 0 Å². The quantitative estimate of drug-likeness (QED) is 0.469. The third-order valence-electron chi connectivity index (χ3n) is 3.34. The highest BCUT2D eigenvalue weighted by atomic mass is 35.5. The van der Waals surface area contributed by atoms with Crippen LogP contribution in [0.3, 0.4) is 0 Å². The minimum absolute atomic E-state index is 0.00483. The molecule has 0 spiro atoms. The van der Waals surface area contributed by atoms with Crippen LogP contribution in [-0.4, -0.2) is 18.4 Å². The van der Waals surface area contributed by atoms with Crippen LogP contribution in [0.15, 0.2) is 36.4 Å². The maximum atomic E-state index is 13.5. The molecule has 128 valence electrons. The van der Waals surface area contributed by atoms with E-state index in [2.05, 4.69) is 0 Å². The number of fused-ring (bicyclic) bond motifs is 1. The minimum Gasteiger partial charge on any atom is -0.453 e. The lowest BCUT2D eigenvalue weighted by Crippen LogP contribution is -2.15. The molecule has 0 amide bonds. The lowest BCUT2D eigenvalue weighted by molar-refractivity contribution is 0.0478. The number of carbonyl (C=O) groups excluding carboxylic acids is 2. The van der Waals surface area contributed by atoms with Crippen LogP contribution < -0.4 is 0 Å². The zero-order valence-electron chi connectivity index (χ0n) is 12.3. The fourth-order valence-corrected chi connectivity index (χ4v) is 3.58. The first-order valence-electron chi connectivity index (χ1n) is 6.89. The number of rotatable bonds is 4. The van der Waals surface area contributed by atoms with E-state index in [0.717, 1.165) is 29.5 Å². The topological polar surface area (TPSA) is 43.4 Å². The molecule has 0 saturated heterocycles. The fourth-order valence-electron chi connectivity index (χ4n) is 2.16. The summed E-state index contributed by atoms with van der Waals surface area (Å²) in [6.45, 7) is -0.780. The Balaban J connectivity index is 1.78. The normalized spacial score (nSPS) is 10.9. The number of ketones is 1. The van der Waals surface area contributed by atoms with Crippen molar-refractivity contribution in [2.45, 2.75) is 0 Å². The van der Waals surface area contributed by atoms with Gasteiger partial charge in [-0.3, -0.25) is 4.79 Å². The van der Waals surface area contributed by atoms with Crippen molar-refractivity contribution < 1.29 is 27.5 Å². The largest absolute Gasteiger partial charge is 0.453 e. The Bertz CT molecular complexity index is 1000. The van der Waals surface area contributed by atoms with Gasteiger partial charge in [0.2, 0.25) is 5.78 Å². The summed E-state index contributed by atoms with van der Waals surface area (Å²) in [6, 6.07) is 6.24. The summed E-state index contributed by atoms with van der Waals surface area (Å²) >= 11 is 6.98. The molecule has 25 heavy (non-hydrogen) atoms. The molecule has 0 aliphatic heterocycles. The molecule has 2 aromatic carbocycles. The smallest absolute Gasteiger partial charge is 0.350 e. The fraction of sp³-hybridized carbons (Fsp3) is 0.0588. The van der Waals surface area contributed by atoms with Crippen LogP contribution in [-0.2, 0) is 4.74 Å². The summed E-state index contributed by atoms with van der Waals surface area (Å²) in [5.74, 6) is -3.99. The Kier molecular flexibility index (Phi) is 4.78. The van der Waals surface area contributed by atoms with Gasteiger partial charge in [-0.15, -0.1) is 11.3 Å². The highest BCUT2D eigenvalue weighted by Gasteiger charge is 2.21. The molecule has 0 saturated carbocycles. The van der Waals surface area contributed by atoms with Gasteiger partial charge >= 0.3 is 5.97 Å². The third kappa shape index (κ3) is 3.52. The number of hydrogen-bond acceptors (Lipinski definition) is 4. The van der Waals surface area contributed by atoms with Crippen molar-refractivity contribution in [1.82, 2.24) is 0 Å². The molecule has 0 fully saturated rings. The summed E-state index contributed by atoms with van der Waals surface area (Å²) in [4.78, 5) is 24.0. The number of hydrogen-bond donors (Lipinski definition) is 0. The number of thiophene rings is 1. The molecule has 0 N–H and O–H groups in total. The first-order chi connectivity index (χ1) is 11.9. The second-order valence-corrected chi connectivity index (χ2v) is 6.44. The van der Waals surface area contributed by atoms with Gasteiger partial charge in [-0.1, -0.05) is 11.6 Å². The molecule has 1 aromatic heterocycles. The molecule has 0 radical (unpaired) electrons. The average molecular weight is 385 g/mol. The number of benzene rings is 2. The number of carbonyl (C=O) groups is 2. The van der Waals surface area contributed by atoms with E-state index in [-0.39, 0.29) is 9.90 Å². The Morgan fingerprint density at radius 3 is 2.48 bits per heavy atom. The van der Waals surface area contributed by atoms with Gasteiger partial charge in [0.05, 0.1) is 10.6 Å². The van der Waals surface area contributed by atoms with Crippen molar-refractivity contribution in [2.75, 3.05) is 6.61 Å². The third-order valence-corrected chi connectivity index (χ3v) is 4.98. The Morgan fingerprint density at radius 2 is 1.72 bits per heavy atom. The molecule has 8 heteroatoms. The number of ether oxygens (including phenoxy) is 1. The van der Waals surface area contributed by atoms with Crippen molar-refractivity contribution >= 4 is 44.8 Å². The molecule has 0 aliphatic rings. The maximum absolute atomic E-state index is 13.5. The van der Waals surface area contributed by atoms with Crippen LogP contribution in [0.5, 0.6) is 0 Å². The van der Waals surface area contributed by atoms with Crippen LogP contribution in [0.4, 0.5) is 13.2 Å². The van der Waals surface area contributed by atoms with E-state index in [1.54, 1.807) is 0 Å². The van der Waals surface area contributed by atoms with Crippen LogP contribution in [0, 0.1) is 17.5 Å². The van der Waals surface area contributed by atoms with Crippen LogP contribution in [0.25, 0.3) is 10.1 Å². The molecule has 1 heterocycles. The number of esters is 1. The monoisotopic (exact) mass is 384 g/mol.